The number of unbranched alkanes of at least 4 members (excludes halogenated alkanes) is 1. The molecule has 0 saturated carbocycles. The Balaban J connectivity index is 1.80. The van der Waals surface area contributed by atoms with Crippen LogP contribution in [0.5, 0.6) is 5.75 Å². The molecular formula is C45H63N7O10. The van der Waals surface area contributed by atoms with Gasteiger partial charge in [-0.25, -0.2) is 9.59 Å². The van der Waals surface area contributed by atoms with E-state index in [4.69, 9.17) is 15.2 Å². The molecular weight excluding hydrogens is 799 g/mol. The summed E-state index contributed by atoms with van der Waals surface area (Å²) in [5.74, 6) is -3.80. The van der Waals surface area contributed by atoms with Crippen LogP contribution in [-0.4, -0.2) is 101 Å². The molecule has 4 atom stereocenters. The minimum absolute atomic E-state index is 0.0102. The molecule has 0 aromatic heterocycles. The van der Waals surface area contributed by atoms with Crippen LogP contribution in [0.3, 0.4) is 0 Å². The summed E-state index contributed by atoms with van der Waals surface area (Å²) >= 11 is 0. The van der Waals surface area contributed by atoms with Crippen molar-refractivity contribution in [2.45, 2.75) is 116 Å². The van der Waals surface area contributed by atoms with Crippen LogP contribution in [-0.2, 0) is 51.1 Å². The highest BCUT2D eigenvalue weighted by Crippen LogP contribution is 2.16. The third-order valence-corrected chi connectivity index (χ3v) is 9.40. The first-order chi connectivity index (χ1) is 29.3. The monoisotopic (exact) mass is 861 g/mol. The fraction of sp³-hybridized carbons (Fsp3) is 0.489. The Morgan fingerprint density at radius 2 is 1.40 bits per heavy atom. The SMILES string of the molecule is CCOC(=O)[C@H](CC(C)C)NC(=O)[C@H](Cc1ccccc1)NC(=O)CNC(=O)[C@H](CCCCN1C=CCC(C(N)=O)=C1)NC(=O)[C@H](Cc1ccc(O)cc1)NC(=O)OC(C)(C)C. The van der Waals surface area contributed by atoms with Gasteiger partial charge in [0.25, 0.3) is 0 Å². The van der Waals surface area contributed by atoms with Crippen molar-refractivity contribution in [3.63, 3.8) is 0 Å². The molecule has 62 heavy (non-hydrogen) atoms. The fourth-order valence-electron chi connectivity index (χ4n) is 6.42. The molecule has 2 aromatic carbocycles. The van der Waals surface area contributed by atoms with Gasteiger partial charge in [0, 0.05) is 31.2 Å². The van der Waals surface area contributed by atoms with Gasteiger partial charge < -0.3 is 51.8 Å². The first-order valence-electron chi connectivity index (χ1n) is 20.9. The van der Waals surface area contributed by atoms with Crippen molar-refractivity contribution in [2.24, 2.45) is 11.7 Å². The van der Waals surface area contributed by atoms with Crippen molar-refractivity contribution in [3.05, 3.63) is 89.8 Å². The molecule has 0 saturated heterocycles. The number of nitrogens with two attached hydrogens (primary N) is 1. The van der Waals surface area contributed by atoms with Crippen LogP contribution in [0, 0.1) is 5.92 Å². The predicted octanol–water partition coefficient (Wildman–Crippen LogP) is 3.01. The number of esters is 1. The van der Waals surface area contributed by atoms with E-state index in [0.29, 0.717) is 43.4 Å². The third-order valence-electron chi connectivity index (χ3n) is 9.40. The molecule has 0 bridgehead atoms. The Morgan fingerprint density at radius 3 is 2.00 bits per heavy atom. The number of phenolic OH excluding ortho intramolecular Hbond substituents is 1. The van der Waals surface area contributed by atoms with Gasteiger partial charge in [-0.05, 0) is 95.2 Å². The molecule has 1 heterocycles. The van der Waals surface area contributed by atoms with Crippen molar-refractivity contribution >= 4 is 41.6 Å². The van der Waals surface area contributed by atoms with Gasteiger partial charge in [0.2, 0.25) is 29.5 Å². The van der Waals surface area contributed by atoms with Gasteiger partial charge in [-0.15, -0.1) is 0 Å². The van der Waals surface area contributed by atoms with Crippen LogP contribution in [0.4, 0.5) is 4.79 Å². The van der Waals surface area contributed by atoms with Gasteiger partial charge >= 0.3 is 12.1 Å². The second kappa shape index (κ2) is 24.8. The number of aromatic hydroxyl groups is 1. The molecule has 0 spiro atoms. The number of amides is 6. The number of nitrogens with zero attached hydrogens (tertiary/aromatic N) is 1. The van der Waals surface area contributed by atoms with E-state index in [0.717, 1.165) is 5.56 Å². The van der Waals surface area contributed by atoms with Crippen LogP contribution in [0.1, 0.15) is 84.8 Å². The van der Waals surface area contributed by atoms with Crippen LogP contribution in [0.25, 0.3) is 0 Å². The molecule has 1 aliphatic rings. The second-order valence-electron chi connectivity index (χ2n) is 16.4. The number of phenols is 1. The molecule has 0 unspecified atom stereocenters. The molecule has 0 fully saturated rings. The van der Waals surface area contributed by atoms with Crippen molar-refractivity contribution < 1.29 is 48.1 Å². The van der Waals surface area contributed by atoms with Crippen LogP contribution < -0.4 is 32.3 Å². The Morgan fingerprint density at radius 1 is 0.790 bits per heavy atom. The van der Waals surface area contributed by atoms with Gasteiger partial charge in [0.05, 0.1) is 13.2 Å². The fourth-order valence-corrected chi connectivity index (χ4v) is 6.42. The van der Waals surface area contributed by atoms with Gasteiger partial charge in [0.1, 0.15) is 35.5 Å². The van der Waals surface area contributed by atoms with Gasteiger partial charge in [-0.3, -0.25) is 24.0 Å². The number of hydrogen-bond acceptors (Lipinski definition) is 11. The summed E-state index contributed by atoms with van der Waals surface area (Å²) in [6.45, 7) is 10.5. The zero-order valence-electron chi connectivity index (χ0n) is 36.5. The van der Waals surface area contributed by atoms with E-state index in [-0.39, 0.29) is 37.5 Å². The molecule has 338 valence electrons. The Kier molecular flexibility index (Phi) is 20.0. The number of primary amides is 1. The number of rotatable bonds is 23. The van der Waals surface area contributed by atoms with Crippen molar-refractivity contribution in [1.82, 2.24) is 31.5 Å². The van der Waals surface area contributed by atoms with E-state index in [2.05, 4.69) is 26.6 Å². The van der Waals surface area contributed by atoms with Gasteiger partial charge in [-0.2, -0.15) is 0 Å². The van der Waals surface area contributed by atoms with Crippen molar-refractivity contribution in [2.75, 3.05) is 19.7 Å². The normalized spacial score (nSPS) is 14.3. The Labute approximate surface area is 363 Å². The van der Waals surface area contributed by atoms with E-state index >= 15 is 0 Å². The highest BCUT2D eigenvalue weighted by atomic mass is 16.6. The topological polar surface area (TPSA) is 248 Å². The molecule has 1 aliphatic heterocycles. The largest absolute Gasteiger partial charge is 0.508 e. The number of allylic oxidation sites excluding steroid dienone is 1. The number of hydrogen-bond donors (Lipinski definition) is 7. The van der Waals surface area contributed by atoms with E-state index in [9.17, 15) is 38.7 Å². The molecule has 0 radical (unpaired) electrons. The zero-order chi connectivity index (χ0) is 45.8. The maximum atomic E-state index is 14.0. The molecule has 17 nitrogen and oxygen atoms in total. The standard InChI is InChI=1S/C45H63N7O10/c1-7-61-43(59)37(24-29(2)3)50-41(57)35(25-30-14-9-8-10-15-30)48-38(54)27-47-40(56)34(17-11-12-22-52-23-13-16-32(28-52)39(46)55)49-42(58)36(51-44(60)62-45(4,5)6)26-31-18-20-33(53)21-19-31/h8-10,13-15,18-21,23,28-29,34-37,53H,7,11-12,16-17,22,24-27H2,1-6H3,(H2,46,55)(H,47,56)(H,48,54)(H,49,58)(H,50,57)(H,51,60)/t34-,35-,36-,37-/m0/s1. The van der Waals surface area contributed by atoms with E-state index in [1.807, 2.05) is 32.2 Å². The summed E-state index contributed by atoms with van der Waals surface area (Å²) < 4.78 is 10.6. The minimum atomic E-state index is -1.21. The summed E-state index contributed by atoms with van der Waals surface area (Å²) in [7, 11) is 0. The van der Waals surface area contributed by atoms with Crippen LogP contribution in [0.15, 0.2) is 78.6 Å². The number of carbonyl (C=O) groups excluding carboxylic acids is 7. The molecule has 8 N–H and O–H groups in total. The first-order valence-corrected chi connectivity index (χ1v) is 20.9. The summed E-state index contributed by atoms with van der Waals surface area (Å²) in [6, 6.07) is 10.6. The van der Waals surface area contributed by atoms with E-state index < -0.39 is 77.9 Å². The maximum Gasteiger partial charge on any atom is 0.408 e. The molecule has 3 rings (SSSR count). The number of ether oxygens (including phenoxy) is 2. The average molecular weight is 862 g/mol. The molecule has 6 amide bonds. The number of benzene rings is 2. The van der Waals surface area contributed by atoms with Crippen molar-refractivity contribution in [1.29, 1.82) is 0 Å². The number of carbonyl (C=O) groups is 7. The quantitative estimate of drug-likeness (QED) is 0.0632. The van der Waals surface area contributed by atoms with Crippen molar-refractivity contribution in [3.8, 4) is 5.75 Å². The Bertz CT molecular complexity index is 1890. The predicted molar refractivity (Wildman–Crippen MR) is 232 cm³/mol. The smallest absolute Gasteiger partial charge is 0.408 e. The molecule has 2 aromatic rings. The zero-order valence-corrected chi connectivity index (χ0v) is 36.5. The van der Waals surface area contributed by atoms with Gasteiger partial charge in [0.15, 0.2) is 0 Å². The highest BCUT2D eigenvalue weighted by Gasteiger charge is 2.31. The lowest BCUT2D eigenvalue weighted by molar-refractivity contribution is -0.148. The molecule has 17 heteroatoms. The van der Waals surface area contributed by atoms with Gasteiger partial charge in [-0.1, -0.05) is 62.4 Å². The third kappa shape index (κ3) is 18.5. The van der Waals surface area contributed by atoms with Crippen LogP contribution in [0.2, 0.25) is 0 Å². The summed E-state index contributed by atoms with van der Waals surface area (Å²) in [5, 5.41) is 23.1. The van der Waals surface area contributed by atoms with Crippen LogP contribution >= 0.6 is 0 Å². The van der Waals surface area contributed by atoms with E-state index in [1.165, 1.54) is 12.1 Å². The summed E-state index contributed by atoms with van der Waals surface area (Å²) in [6.07, 6.45) is 6.28. The van der Waals surface area contributed by atoms with E-state index in [1.54, 1.807) is 75.2 Å². The maximum absolute atomic E-state index is 14.0. The lowest BCUT2D eigenvalue weighted by Gasteiger charge is -2.26. The lowest BCUT2D eigenvalue weighted by atomic mass is 10.0. The summed E-state index contributed by atoms with van der Waals surface area (Å²) in [5.41, 5.74) is 6.37. The molecule has 0 aliphatic carbocycles. The Hall–Kier alpha value is -6.39. The second-order valence-corrected chi connectivity index (χ2v) is 16.4. The lowest BCUT2D eigenvalue weighted by Crippen LogP contribution is -2.56. The number of alkyl carbamates (subject to hydrolysis) is 1. The highest BCUT2D eigenvalue weighted by molar-refractivity contribution is 5.95. The first kappa shape index (κ1) is 50.0. The summed E-state index contributed by atoms with van der Waals surface area (Å²) in [4.78, 5) is 94.1. The average Bonchev–Trinajstić information content (AvgIpc) is 3.20. The number of nitrogens with one attached hydrogen (secondary N) is 5. The minimum Gasteiger partial charge on any atom is -0.508 e.